The molecule has 10 nitrogen and oxygen atoms in total. The van der Waals surface area contributed by atoms with Gasteiger partial charge in [0.25, 0.3) is 0 Å². The first-order valence-corrected chi connectivity index (χ1v) is 11.4. The monoisotopic (exact) mass is 474 g/mol. The van der Waals surface area contributed by atoms with Gasteiger partial charge in [-0.05, 0) is 45.4 Å². The van der Waals surface area contributed by atoms with E-state index in [1.807, 2.05) is 32.9 Å². The number of carbonyl (C=O) groups is 3. The maximum absolute atomic E-state index is 13.0. The zero-order valence-corrected chi connectivity index (χ0v) is 20.5. The van der Waals surface area contributed by atoms with Gasteiger partial charge in [-0.2, -0.15) is 0 Å². The van der Waals surface area contributed by atoms with Gasteiger partial charge in [-0.15, -0.1) is 0 Å². The summed E-state index contributed by atoms with van der Waals surface area (Å²) in [6, 6.07) is 6.13. The lowest BCUT2D eigenvalue weighted by molar-refractivity contribution is -0.139. The molecule has 2 aliphatic heterocycles. The van der Waals surface area contributed by atoms with Crippen LogP contribution in [0.5, 0.6) is 5.75 Å². The zero-order valence-electron chi connectivity index (χ0n) is 20.5. The van der Waals surface area contributed by atoms with Crippen LogP contribution in [-0.4, -0.2) is 79.9 Å². The Balaban J connectivity index is 1.79. The first kappa shape index (κ1) is 25.4. The number of amides is 3. The van der Waals surface area contributed by atoms with Gasteiger partial charge in [-0.1, -0.05) is 12.1 Å². The van der Waals surface area contributed by atoms with Gasteiger partial charge in [0.1, 0.15) is 11.4 Å². The summed E-state index contributed by atoms with van der Waals surface area (Å²) in [5.74, 6) is 0.187. The molecule has 0 aliphatic carbocycles. The molecule has 2 N–H and O–H groups in total. The number of ether oxygens (including phenoxy) is 3. The molecule has 1 aromatic rings. The lowest BCUT2D eigenvalue weighted by Crippen LogP contribution is -2.53. The summed E-state index contributed by atoms with van der Waals surface area (Å²) in [4.78, 5) is 41.6. The van der Waals surface area contributed by atoms with Crippen molar-refractivity contribution in [2.75, 3.05) is 46.4 Å². The highest BCUT2D eigenvalue weighted by Gasteiger charge is 2.35. The smallest absolute Gasteiger partial charge is 0.410 e. The lowest BCUT2D eigenvalue weighted by Gasteiger charge is -2.37. The van der Waals surface area contributed by atoms with Crippen LogP contribution in [0.2, 0.25) is 0 Å². The van der Waals surface area contributed by atoms with E-state index in [1.165, 1.54) is 0 Å². The van der Waals surface area contributed by atoms with Gasteiger partial charge in [-0.25, -0.2) is 14.4 Å². The highest BCUT2D eigenvalue weighted by Crippen LogP contribution is 2.29. The second-order valence-electron chi connectivity index (χ2n) is 9.16. The Morgan fingerprint density at radius 1 is 1.09 bits per heavy atom. The quantitative estimate of drug-likeness (QED) is 0.610. The molecule has 3 amide bonds. The van der Waals surface area contributed by atoms with E-state index in [9.17, 15) is 14.4 Å². The van der Waals surface area contributed by atoms with Crippen molar-refractivity contribution in [1.82, 2.24) is 20.4 Å². The molecule has 2 aliphatic rings. The SMILES string of the molecule is CCOC(=O)C1=C(CN2CCN(C(=O)OC(C)(C)C)CC2)NC(=O)N[C@@H]1c1ccc(OC)cc1. The Bertz CT molecular complexity index is 930. The van der Waals surface area contributed by atoms with Crippen molar-refractivity contribution in [3.63, 3.8) is 0 Å². The molecule has 0 bridgehead atoms. The van der Waals surface area contributed by atoms with Crippen molar-refractivity contribution in [3.8, 4) is 5.75 Å². The van der Waals surface area contributed by atoms with E-state index in [0.717, 1.165) is 5.56 Å². The Morgan fingerprint density at radius 2 is 1.74 bits per heavy atom. The van der Waals surface area contributed by atoms with Gasteiger partial charge >= 0.3 is 18.1 Å². The van der Waals surface area contributed by atoms with Gasteiger partial charge in [0.15, 0.2) is 0 Å². The van der Waals surface area contributed by atoms with Crippen LogP contribution < -0.4 is 15.4 Å². The van der Waals surface area contributed by atoms with Gasteiger partial charge in [0, 0.05) is 38.4 Å². The molecule has 0 radical (unpaired) electrons. The predicted molar refractivity (Wildman–Crippen MR) is 125 cm³/mol. The number of piperazine rings is 1. The number of methoxy groups -OCH3 is 1. The molecule has 1 saturated heterocycles. The minimum absolute atomic E-state index is 0.216. The predicted octanol–water partition coefficient (Wildman–Crippen LogP) is 2.42. The number of hydrogen-bond donors (Lipinski definition) is 2. The maximum atomic E-state index is 13.0. The van der Waals surface area contributed by atoms with E-state index in [2.05, 4.69) is 15.5 Å². The Kier molecular flexibility index (Phi) is 8.03. The fraction of sp³-hybridized carbons (Fsp3) is 0.542. The van der Waals surface area contributed by atoms with E-state index < -0.39 is 23.6 Å². The molecule has 1 atom stereocenters. The van der Waals surface area contributed by atoms with Crippen molar-refractivity contribution in [2.45, 2.75) is 39.3 Å². The van der Waals surface area contributed by atoms with E-state index >= 15 is 0 Å². The zero-order chi connectivity index (χ0) is 24.9. The van der Waals surface area contributed by atoms with E-state index in [0.29, 0.717) is 49.7 Å². The van der Waals surface area contributed by atoms with E-state index in [1.54, 1.807) is 31.1 Å². The van der Waals surface area contributed by atoms with E-state index in [4.69, 9.17) is 14.2 Å². The van der Waals surface area contributed by atoms with Crippen LogP contribution in [0.25, 0.3) is 0 Å². The van der Waals surface area contributed by atoms with Crippen LogP contribution >= 0.6 is 0 Å². The van der Waals surface area contributed by atoms with Crippen molar-refractivity contribution < 1.29 is 28.6 Å². The second-order valence-corrected chi connectivity index (χ2v) is 9.16. The summed E-state index contributed by atoms with van der Waals surface area (Å²) in [5.41, 5.74) is 1.05. The third kappa shape index (κ3) is 6.40. The molecule has 0 aromatic heterocycles. The highest BCUT2D eigenvalue weighted by molar-refractivity contribution is 5.95. The molecule has 34 heavy (non-hydrogen) atoms. The molecule has 3 rings (SSSR count). The molecule has 0 unspecified atom stereocenters. The van der Waals surface area contributed by atoms with Crippen LogP contribution in [-0.2, 0) is 14.3 Å². The summed E-state index contributed by atoms with van der Waals surface area (Å²) in [6.07, 6.45) is -0.340. The molecular weight excluding hydrogens is 440 g/mol. The minimum atomic E-state index is -0.656. The number of urea groups is 1. The fourth-order valence-corrected chi connectivity index (χ4v) is 3.88. The summed E-state index contributed by atoms with van der Waals surface area (Å²) >= 11 is 0. The number of hydrogen-bond acceptors (Lipinski definition) is 7. The summed E-state index contributed by atoms with van der Waals surface area (Å²) in [7, 11) is 1.58. The number of rotatable bonds is 6. The van der Waals surface area contributed by atoms with Crippen molar-refractivity contribution in [2.24, 2.45) is 0 Å². The Labute approximate surface area is 200 Å². The third-order valence-electron chi connectivity index (χ3n) is 5.50. The molecular formula is C24H34N4O6. The summed E-state index contributed by atoms with van der Waals surface area (Å²) < 4.78 is 16.0. The first-order chi connectivity index (χ1) is 16.1. The molecule has 0 spiro atoms. The summed E-state index contributed by atoms with van der Waals surface area (Å²) in [6.45, 7) is 9.95. The Morgan fingerprint density at radius 3 is 2.29 bits per heavy atom. The number of carbonyl (C=O) groups excluding carboxylic acids is 3. The normalized spacial score (nSPS) is 19.3. The standard InChI is InChI=1S/C24H34N4O6/c1-6-33-21(29)19-18(15-27-11-13-28(14-12-27)23(31)34-24(2,3)4)25-22(30)26-20(19)16-7-9-17(32-5)10-8-16/h7-10,20H,6,11-15H2,1-5H3,(H2,25,26,30)/t20-/m1/s1. The number of nitrogens with one attached hydrogen (secondary N) is 2. The largest absolute Gasteiger partial charge is 0.497 e. The highest BCUT2D eigenvalue weighted by atomic mass is 16.6. The van der Waals surface area contributed by atoms with Gasteiger partial charge in [-0.3, -0.25) is 4.90 Å². The number of nitrogens with zero attached hydrogens (tertiary/aromatic N) is 2. The molecule has 10 heteroatoms. The molecule has 0 saturated carbocycles. The van der Waals surface area contributed by atoms with Crippen molar-refractivity contribution in [3.05, 3.63) is 41.1 Å². The average Bonchev–Trinajstić information content (AvgIpc) is 2.78. The Hall–Kier alpha value is -3.27. The van der Waals surface area contributed by atoms with Crippen molar-refractivity contribution >= 4 is 18.1 Å². The molecule has 186 valence electrons. The summed E-state index contributed by atoms with van der Waals surface area (Å²) in [5, 5.41) is 5.63. The van der Waals surface area contributed by atoms with Crippen LogP contribution in [0, 0.1) is 0 Å². The third-order valence-corrected chi connectivity index (χ3v) is 5.50. The molecule has 2 heterocycles. The average molecular weight is 475 g/mol. The van der Waals surface area contributed by atoms with Crippen molar-refractivity contribution in [1.29, 1.82) is 0 Å². The lowest BCUT2D eigenvalue weighted by atomic mass is 9.94. The molecule has 1 aromatic carbocycles. The minimum Gasteiger partial charge on any atom is -0.497 e. The number of esters is 1. The topological polar surface area (TPSA) is 109 Å². The first-order valence-electron chi connectivity index (χ1n) is 11.4. The van der Waals surface area contributed by atoms with Gasteiger partial charge in [0.05, 0.1) is 25.3 Å². The fourth-order valence-electron chi connectivity index (χ4n) is 3.88. The van der Waals surface area contributed by atoms with Crippen LogP contribution in [0.4, 0.5) is 9.59 Å². The second kappa shape index (κ2) is 10.8. The van der Waals surface area contributed by atoms with E-state index in [-0.39, 0.29) is 12.7 Å². The number of benzene rings is 1. The van der Waals surface area contributed by atoms with Crippen LogP contribution in [0.3, 0.4) is 0 Å². The molecule has 1 fully saturated rings. The van der Waals surface area contributed by atoms with Gasteiger partial charge < -0.3 is 29.7 Å². The van der Waals surface area contributed by atoms with Crippen LogP contribution in [0.15, 0.2) is 35.5 Å². The van der Waals surface area contributed by atoms with Gasteiger partial charge in [0.2, 0.25) is 0 Å². The van der Waals surface area contributed by atoms with Crippen LogP contribution in [0.1, 0.15) is 39.3 Å². The maximum Gasteiger partial charge on any atom is 0.410 e.